The Labute approximate surface area is 395 Å². The third-order valence-corrected chi connectivity index (χ3v) is 13.9. The van der Waals surface area contributed by atoms with Gasteiger partial charge in [0.05, 0.1) is 35.6 Å². The molecule has 2 aromatic carbocycles. The van der Waals surface area contributed by atoms with E-state index in [-0.39, 0.29) is 41.1 Å². The van der Waals surface area contributed by atoms with Gasteiger partial charge in [0.1, 0.15) is 42.7 Å². The Bertz CT molecular complexity index is 2310. The van der Waals surface area contributed by atoms with Gasteiger partial charge in [-0.15, -0.1) is 0 Å². The van der Waals surface area contributed by atoms with Crippen molar-refractivity contribution in [3.05, 3.63) is 82.9 Å². The lowest BCUT2D eigenvalue weighted by atomic mass is 9.44. The molecule has 68 heavy (non-hydrogen) atoms. The van der Waals surface area contributed by atoms with Crippen molar-refractivity contribution in [2.45, 2.75) is 142 Å². The van der Waals surface area contributed by atoms with Crippen molar-refractivity contribution in [3.63, 3.8) is 0 Å². The number of fused-ring (bicyclic) bond motifs is 5. The van der Waals surface area contributed by atoms with E-state index in [1.807, 2.05) is 0 Å². The summed E-state index contributed by atoms with van der Waals surface area (Å²) in [5.41, 5.74) is -8.95. The van der Waals surface area contributed by atoms with Crippen LogP contribution < -0.4 is 5.32 Å². The molecular weight excluding hydrogens is 887 g/mol. The fraction of sp³-hybridized carbons (Fsp3) is 0.580. The highest BCUT2D eigenvalue weighted by molar-refractivity contribution is 5.96. The minimum atomic E-state index is -2.49. The third kappa shape index (κ3) is 9.70. The summed E-state index contributed by atoms with van der Waals surface area (Å²) in [6.07, 6.45) is -12.2. The molecule has 11 atom stereocenters. The molecule has 2 aromatic rings. The van der Waals surface area contributed by atoms with Crippen molar-refractivity contribution in [2.75, 3.05) is 19.8 Å². The first-order valence-electron chi connectivity index (χ1n) is 22.7. The lowest BCUT2D eigenvalue weighted by molar-refractivity contribution is -0.346. The topological polar surface area (TPSA) is 257 Å². The number of carbonyl (C=O) groups excluding carboxylic acids is 7. The Morgan fingerprint density at radius 3 is 2.09 bits per heavy atom. The van der Waals surface area contributed by atoms with Gasteiger partial charge < -0.3 is 53.8 Å². The van der Waals surface area contributed by atoms with Gasteiger partial charge in [-0.1, -0.05) is 76.2 Å². The van der Waals surface area contributed by atoms with Gasteiger partial charge in [0.15, 0.2) is 29.4 Å². The third-order valence-electron chi connectivity index (χ3n) is 13.9. The molecule has 18 nitrogen and oxygen atoms in total. The number of aliphatic hydroxyl groups excluding tert-OH is 2. The molecule has 1 aliphatic heterocycles. The number of ether oxygens (including phenoxy) is 7. The summed E-state index contributed by atoms with van der Waals surface area (Å²) in [6, 6.07) is 14.3. The van der Waals surface area contributed by atoms with E-state index in [1.54, 1.807) is 83.1 Å². The van der Waals surface area contributed by atoms with Crippen LogP contribution in [0.5, 0.6) is 0 Å². The van der Waals surface area contributed by atoms with Crippen molar-refractivity contribution >= 4 is 41.5 Å². The van der Waals surface area contributed by atoms with Crippen LogP contribution in [0.1, 0.15) is 104 Å². The van der Waals surface area contributed by atoms with E-state index in [0.717, 1.165) is 6.92 Å². The lowest BCUT2D eigenvalue weighted by Crippen LogP contribution is -2.82. The number of amides is 1. The molecule has 4 aliphatic rings. The van der Waals surface area contributed by atoms with E-state index >= 15 is 4.79 Å². The number of benzene rings is 2. The van der Waals surface area contributed by atoms with Crippen molar-refractivity contribution < 1.29 is 82.0 Å². The molecule has 370 valence electrons. The summed E-state index contributed by atoms with van der Waals surface area (Å²) in [5.74, 6) is -7.56. The second kappa shape index (κ2) is 19.5. The zero-order valence-corrected chi connectivity index (χ0v) is 40.1. The van der Waals surface area contributed by atoms with E-state index in [2.05, 4.69) is 5.32 Å². The molecule has 3 fully saturated rings. The monoisotopic (exact) mass is 949 g/mol. The number of hydrogen-bond donors (Lipinski definition) is 4. The van der Waals surface area contributed by atoms with Crippen LogP contribution in [-0.2, 0) is 57.1 Å². The van der Waals surface area contributed by atoms with Gasteiger partial charge in [-0.25, -0.2) is 19.2 Å². The van der Waals surface area contributed by atoms with Gasteiger partial charge in [0, 0.05) is 31.1 Å². The minimum absolute atomic E-state index is 0.0318. The summed E-state index contributed by atoms with van der Waals surface area (Å²) >= 11 is 0. The van der Waals surface area contributed by atoms with Gasteiger partial charge in [0.25, 0.3) is 0 Å². The number of hydrogen-bond acceptors (Lipinski definition) is 17. The summed E-state index contributed by atoms with van der Waals surface area (Å²) in [7, 11) is 0. The first-order valence-corrected chi connectivity index (χ1v) is 22.7. The Balaban J connectivity index is 1.54. The Hall–Kier alpha value is -5.53. The average Bonchev–Trinajstić information content (AvgIpc) is 3.26. The number of nitrogens with one attached hydrogen (secondary N) is 1. The number of esters is 4. The van der Waals surface area contributed by atoms with Gasteiger partial charge in [0.2, 0.25) is 0 Å². The SMILES string of the molecule is CC(=O)O[C@@]12CO[C@@H]1C[C@H](O)[C@@]1(C)C(=O)[C@H](OC(=O)COCC(=O)C(C)C)C3=C(C)[C@@H](OC(=O)[C@H](O)[C@@H](NC(=O)OC(C)(C)C)c4ccccc4)C[C@@](O)([C@@H](OC(=O)c4ccccc4)[C@H]21)C3(C)C. The van der Waals surface area contributed by atoms with Crippen molar-refractivity contribution in [2.24, 2.45) is 22.7 Å². The summed E-state index contributed by atoms with van der Waals surface area (Å²) in [6.45, 7) is 13.5. The molecule has 0 radical (unpaired) electrons. The molecule has 0 aromatic heterocycles. The number of Topliss-reactive ketones (excluding diaryl/α,β-unsaturated/α-hetero) is 2. The molecule has 2 saturated carbocycles. The molecule has 3 aliphatic carbocycles. The second-order valence-electron chi connectivity index (χ2n) is 20.2. The summed E-state index contributed by atoms with van der Waals surface area (Å²) in [5, 5.41) is 40.4. The van der Waals surface area contributed by atoms with Gasteiger partial charge in [-0.05, 0) is 63.5 Å². The molecule has 1 heterocycles. The van der Waals surface area contributed by atoms with E-state index < -0.39 is 138 Å². The lowest BCUT2D eigenvalue weighted by Gasteiger charge is -2.67. The van der Waals surface area contributed by atoms with Crippen molar-refractivity contribution in [3.8, 4) is 0 Å². The van der Waals surface area contributed by atoms with E-state index in [9.17, 15) is 44.1 Å². The van der Waals surface area contributed by atoms with E-state index in [0.29, 0.717) is 0 Å². The second-order valence-corrected chi connectivity index (χ2v) is 20.2. The number of ketones is 2. The molecule has 1 saturated heterocycles. The highest BCUT2D eigenvalue weighted by Crippen LogP contribution is 2.64. The molecule has 0 unspecified atom stereocenters. The predicted molar refractivity (Wildman–Crippen MR) is 238 cm³/mol. The fourth-order valence-electron chi connectivity index (χ4n) is 10.2. The van der Waals surface area contributed by atoms with Crippen LogP contribution in [-0.4, -0.2) is 130 Å². The normalized spacial score (nSPS) is 30.4. The Morgan fingerprint density at radius 1 is 0.912 bits per heavy atom. The largest absolute Gasteiger partial charge is 0.456 e. The fourth-order valence-corrected chi connectivity index (χ4v) is 10.2. The Kier molecular flexibility index (Phi) is 14.8. The van der Waals surface area contributed by atoms with Crippen molar-refractivity contribution in [1.29, 1.82) is 0 Å². The number of alkyl carbamates (subject to hydrolysis) is 1. The standard InChI is InChI=1S/C50H63NO17/c1-26(2)31(53)23-62-24-35(55)65-39-36-27(3)32(64-44(59)38(56)37(29-17-13-11-14-18-29)51-45(60)68-46(5,6)7)22-50(61,47(36,8)9)42(66-43(58)30-19-15-12-16-20-30)40-48(10,41(39)57)33(54)21-34-49(40,25-63-34)67-28(4)52/h11-20,26,32-34,37-40,42,54,56,61H,21-25H2,1-10H3,(H,51,60)/t32-,33-,34+,37-,38+,39+,40-,42-,48+,49-,50+/m0/s1. The highest BCUT2D eigenvalue weighted by Gasteiger charge is 2.78. The smallest absolute Gasteiger partial charge is 0.408 e. The maximum absolute atomic E-state index is 15.8. The maximum Gasteiger partial charge on any atom is 0.408 e. The molecule has 2 bridgehead atoms. The molecule has 6 rings (SSSR count). The van der Waals surface area contributed by atoms with Crippen LogP contribution in [0.3, 0.4) is 0 Å². The van der Waals surface area contributed by atoms with Crippen LogP contribution in [0.2, 0.25) is 0 Å². The molecule has 0 spiro atoms. The summed E-state index contributed by atoms with van der Waals surface area (Å²) in [4.78, 5) is 97.1. The van der Waals surface area contributed by atoms with Crippen LogP contribution in [0.15, 0.2) is 71.8 Å². The maximum atomic E-state index is 15.8. The zero-order valence-electron chi connectivity index (χ0n) is 40.1. The van der Waals surface area contributed by atoms with Gasteiger partial charge >= 0.3 is 30.0 Å². The molecular formula is C50H63NO17. The van der Waals surface area contributed by atoms with Crippen LogP contribution >= 0.6 is 0 Å². The number of rotatable bonds is 14. The first kappa shape index (κ1) is 51.9. The highest BCUT2D eigenvalue weighted by atomic mass is 16.6. The molecule has 4 N–H and O–H groups in total. The average molecular weight is 950 g/mol. The molecule has 1 amide bonds. The minimum Gasteiger partial charge on any atom is -0.456 e. The predicted octanol–water partition coefficient (Wildman–Crippen LogP) is 4.05. The zero-order chi connectivity index (χ0) is 50.3. The number of aliphatic hydroxyl groups is 3. The van der Waals surface area contributed by atoms with Gasteiger partial charge in [-0.2, -0.15) is 0 Å². The van der Waals surface area contributed by atoms with E-state index in [1.165, 1.54) is 39.8 Å². The van der Waals surface area contributed by atoms with Gasteiger partial charge in [-0.3, -0.25) is 14.4 Å². The first-order chi connectivity index (χ1) is 31.7. The van der Waals surface area contributed by atoms with Crippen LogP contribution in [0.4, 0.5) is 4.79 Å². The van der Waals surface area contributed by atoms with Crippen molar-refractivity contribution in [1.82, 2.24) is 5.32 Å². The molecule has 18 heteroatoms. The van der Waals surface area contributed by atoms with E-state index in [4.69, 9.17) is 33.2 Å². The number of carbonyl (C=O) groups is 7. The van der Waals surface area contributed by atoms with Crippen LogP contribution in [0.25, 0.3) is 0 Å². The quantitative estimate of drug-likeness (QED) is 0.118. The Morgan fingerprint density at radius 2 is 1.53 bits per heavy atom. The van der Waals surface area contributed by atoms with Crippen LogP contribution in [0, 0.1) is 22.7 Å². The summed E-state index contributed by atoms with van der Waals surface area (Å²) < 4.78 is 41.4.